The van der Waals surface area contributed by atoms with Gasteiger partial charge in [0.05, 0.1) is 18.6 Å². The summed E-state index contributed by atoms with van der Waals surface area (Å²) in [6.07, 6.45) is 5.59. The molecular weight excluding hydrogens is 316 g/mol. The summed E-state index contributed by atoms with van der Waals surface area (Å²) in [5.74, 6) is -0.126. The van der Waals surface area contributed by atoms with Crippen LogP contribution in [0.15, 0.2) is 12.4 Å². The molecule has 1 N–H and O–H groups in total. The van der Waals surface area contributed by atoms with Crippen LogP contribution in [0.25, 0.3) is 0 Å². The van der Waals surface area contributed by atoms with Crippen molar-refractivity contribution in [3.8, 4) is 0 Å². The van der Waals surface area contributed by atoms with Gasteiger partial charge in [-0.15, -0.1) is 0 Å². The van der Waals surface area contributed by atoms with Gasteiger partial charge < -0.3 is 4.90 Å². The summed E-state index contributed by atoms with van der Waals surface area (Å²) >= 11 is 5.74. The summed E-state index contributed by atoms with van der Waals surface area (Å²) in [5.41, 5.74) is 0.208. The average Bonchev–Trinajstić information content (AvgIpc) is 2.44. The van der Waals surface area contributed by atoms with E-state index in [-0.39, 0.29) is 22.7 Å². The number of piperidine rings is 1. The van der Waals surface area contributed by atoms with Gasteiger partial charge in [-0.05, 0) is 18.8 Å². The molecule has 1 aromatic rings. The summed E-state index contributed by atoms with van der Waals surface area (Å²) < 4.78 is 24.7. The normalized spacial score (nSPS) is 19.5. The molecule has 0 saturated carbocycles. The van der Waals surface area contributed by atoms with Crippen LogP contribution < -0.4 is 4.72 Å². The van der Waals surface area contributed by atoms with Crippen LogP contribution in [-0.2, 0) is 10.0 Å². The summed E-state index contributed by atoms with van der Waals surface area (Å²) in [4.78, 5) is 21.8. The summed E-state index contributed by atoms with van der Waals surface area (Å²) in [6, 6.07) is 0. The van der Waals surface area contributed by atoms with E-state index in [9.17, 15) is 13.2 Å². The first-order valence-electron chi connectivity index (χ1n) is 6.56. The Bertz CT molecular complexity index is 623. The molecule has 0 aromatic carbocycles. The van der Waals surface area contributed by atoms with Crippen molar-refractivity contribution in [3.63, 3.8) is 0 Å². The Morgan fingerprint density at radius 2 is 2.29 bits per heavy atom. The molecule has 9 heteroatoms. The van der Waals surface area contributed by atoms with Crippen LogP contribution in [0.5, 0.6) is 0 Å². The lowest BCUT2D eigenvalue weighted by atomic mass is 9.98. The highest BCUT2D eigenvalue weighted by Gasteiger charge is 2.26. The van der Waals surface area contributed by atoms with Crippen molar-refractivity contribution >= 4 is 27.5 Å². The topological polar surface area (TPSA) is 92.3 Å². The zero-order valence-electron chi connectivity index (χ0n) is 11.6. The maximum absolute atomic E-state index is 12.3. The van der Waals surface area contributed by atoms with E-state index in [2.05, 4.69) is 14.7 Å². The van der Waals surface area contributed by atoms with E-state index >= 15 is 0 Å². The van der Waals surface area contributed by atoms with Crippen LogP contribution >= 0.6 is 11.6 Å². The number of likely N-dealkylation sites (tertiary alicyclic amines) is 1. The minimum atomic E-state index is -3.21. The molecule has 1 aliphatic heterocycles. The van der Waals surface area contributed by atoms with Gasteiger partial charge in [0.2, 0.25) is 10.0 Å². The first kappa shape index (κ1) is 16.1. The van der Waals surface area contributed by atoms with Gasteiger partial charge in [0, 0.05) is 19.6 Å². The van der Waals surface area contributed by atoms with Gasteiger partial charge in [0.1, 0.15) is 10.8 Å². The highest BCUT2D eigenvalue weighted by Crippen LogP contribution is 2.18. The Morgan fingerprint density at radius 3 is 2.95 bits per heavy atom. The second-order valence-corrected chi connectivity index (χ2v) is 7.33. The Kier molecular flexibility index (Phi) is 5.13. The maximum atomic E-state index is 12.3. The number of nitrogens with one attached hydrogen (secondary N) is 1. The third-order valence-electron chi connectivity index (χ3n) is 3.26. The molecule has 1 saturated heterocycles. The third-order valence-corrected chi connectivity index (χ3v) is 4.14. The second kappa shape index (κ2) is 6.67. The molecule has 1 atom stereocenters. The number of rotatable bonds is 4. The third kappa shape index (κ3) is 4.90. The minimum Gasteiger partial charge on any atom is -0.337 e. The van der Waals surface area contributed by atoms with E-state index in [0.717, 1.165) is 19.1 Å². The molecule has 0 spiro atoms. The number of carbonyl (C=O) groups excluding carboxylic acids is 1. The SMILES string of the molecule is CS(=O)(=O)NCC1CCCN(C(=O)c2cncc(Cl)n2)C1. The van der Waals surface area contributed by atoms with Crippen molar-refractivity contribution in [2.75, 3.05) is 25.9 Å². The van der Waals surface area contributed by atoms with Gasteiger partial charge in [-0.3, -0.25) is 9.78 Å². The fraction of sp³-hybridized carbons (Fsp3) is 0.583. The van der Waals surface area contributed by atoms with E-state index in [1.165, 1.54) is 12.4 Å². The zero-order valence-corrected chi connectivity index (χ0v) is 13.2. The Hall–Kier alpha value is -1.25. The van der Waals surface area contributed by atoms with Crippen LogP contribution in [0, 0.1) is 5.92 Å². The monoisotopic (exact) mass is 332 g/mol. The van der Waals surface area contributed by atoms with Crippen molar-refractivity contribution in [3.05, 3.63) is 23.2 Å². The summed E-state index contributed by atoms with van der Waals surface area (Å²) in [7, 11) is -3.21. The fourth-order valence-corrected chi connectivity index (χ4v) is 2.98. The maximum Gasteiger partial charge on any atom is 0.274 e. The van der Waals surface area contributed by atoms with E-state index in [1.807, 2.05) is 0 Å². The van der Waals surface area contributed by atoms with Gasteiger partial charge in [0.25, 0.3) is 5.91 Å². The largest absolute Gasteiger partial charge is 0.337 e. The van der Waals surface area contributed by atoms with Gasteiger partial charge in [-0.1, -0.05) is 11.6 Å². The van der Waals surface area contributed by atoms with Gasteiger partial charge in [-0.25, -0.2) is 18.1 Å². The molecule has 0 radical (unpaired) electrons. The molecule has 2 heterocycles. The number of carbonyl (C=O) groups is 1. The quantitative estimate of drug-likeness (QED) is 0.868. The Labute approximate surface area is 128 Å². The summed E-state index contributed by atoms with van der Waals surface area (Å²) in [5, 5.41) is 0.174. The smallest absolute Gasteiger partial charge is 0.274 e. The van der Waals surface area contributed by atoms with Gasteiger partial charge >= 0.3 is 0 Å². The molecule has 7 nitrogen and oxygen atoms in total. The number of nitrogens with zero attached hydrogens (tertiary/aromatic N) is 3. The molecule has 1 fully saturated rings. The van der Waals surface area contributed by atoms with Crippen molar-refractivity contribution in [1.82, 2.24) is 19.6 Å². The highest BCUT2D eigenvalue weighted by atomic mass is 35.5. The Balaban J connectivity index is 1.99. The lowest BCUT2D eigenvalue weighted by Gasteiger charge is -2.32. The summed E-state index contributed by atoms with van der Waals surface area (Å²) in [6.45, 7) is 1.46. The molecule has 116 valence electrons. The van der Waals surface area contributed by atoms with Crippen LogP contribution in [-0.4, -0.2) is 55.1 Å². The first-order valence-corrected chi connectivity index (χ1v) is 8.83. The lowest BCUT2D eigenvalue weighted by molar-refractivity contribution is 0.0670. The number of amides is 1. The number of sulfonamides is 1. The lowest BCUT2D eigenvalue weighted by Crippen LogP contribution is -2.43. The van der Waals surface area contributed by atoms with E-state index in [1.54, 1.807) is 4.90 Å². The van der Waals surface area contributed by atoms with E-state index < -0.39 is 10.0 Å². The zero-order chi connectivity index (χ0) is 15.5. The number of hydrogen-bond donors (Lipinski definition) is 1. The molecule has 21 heavy (non-hydrogen) atoms. The van der Waals surface area contributed by atoms with Crippen molar-refractivity contribution in [2.45, 2.75) is 12.8 Å². The molecule has 2 rings (SSSR count). The number of aromatic nitrogens is 2. The highest BCUT2D eigenvalue weighted by molar-refractivity contribution is 7.88. The first-order chi connectivity index (χ1) is 9.85. The van der Waals surface area contributed by atoms with Crippen LogP contribution in [0.4, 0.5) is 0 Å². The fourth-order valence-electron chi connectivity index (χ4n) is 2.29. The molecular formula is C12H17ClN4O3S. The second-order valence-electron chi connectivity index (χ2n) is 5.11. The molecule has 1 aliphatic rings. The van der Waals surface area contributed by atoms with Crippen molar-refractivity contribution in [2.24, 2.45) is 5.92 Å². The van der Waals surface area contributed by atoms with E-state index in [0.29, 0.717) is 19.6 Å². The van der Waals surface area contributed by atoms with Crippen LogP contribution in [0.3, 0.4) is 0 Å². The van der Waals surface area contributed by atoms with E-state index in [4.69, 9.17) is 11.6 Å². The molecule has 1 aromatic heterocycles. The average molecular weight is 333 g/mol. The van der Waals surface area contributed by atoms with Crippen molar-refractivity contribution < 1.29 is 13.2 Å². The van der Waals surface area contributed by atoms with Crippen molar-refractivity contribution in [1.29, 1.82) is 0 Å². The van der Waals surface area contributed by atoms with Crippen LogP contribution in [0.2, 0.25) is 5.15 Å². The predicted molar refractivity (Wildman–Crippen MR) is 78.5 cm³/mol. The molecule has 1 amide bonds. The van der Waals surface area contributed by atoms with Gasteiger partial charge in [0.15, 0.2) is 0 Å². The standard InChI is InChI=1S/C12H17ClN4O3S/c1-21(19,20)15-5-9-3-2-4-17(8-9)12(18)10-6-14-7-11(13)16-10/h6-7,9,15H,2-5,8H2,1H3. The van der Waals surface area contributed by atoms with Crippen LogP contribution in [0.1, 0.15) is 23.3 Å². The van der Waals surface area contributed by atoms with Gasteiger partial charge in [-0.2, -0.15) is 0 Å². The molecule has 0 aliphatic carbocycles. The minimum absolute atomic E-state index is 0.101. The molecule has 1 unspecified atom stereocenters. The number of halogens is 1. The number of hydrogen-bond acceptors (Lipinski definition) is 5. The predicted octanol–water partition coefficient (Wildman–Crippen LogP) is 0.531. The molecule has 0 bridgehead atoms. The Morgan fingerprint density at radius 1 is 1.52 bits per heavy atom.